The highest BCUT2D eigenvalue weighted by Gasteiger charge is 2.00. The van der Waals surface area contributed by atoms with E-state index < -0.39 is 0 Å². The van der Waals surface area contributed by atoms with Crippen LogP contribution in [-0.2, 0) is 6.61 Å². The molecule has 0 aliphatic rings. The third kappa shape index (κ3) is 2.91. The van der Waals surface area contributed by atoms with Crippen molar-refractivity contribution >= 4 is 5.69 Å². The Labute approximate surface area is 100 Å². The normalized spacial score (nSPS) is 10.2. The van der Waals surface area contributed by atoms with E-state index in [2.05, 4.69) is 0 Å². The Bertz CT molecular complexity index is 506. The molecule has 3 N–H and O–H groups in total. The maximum atomic E-state index is 9.29. The van der Waals surface area contributed by atoms with Crippen LogP contribution < -0.4 is 10.5 Å². The first-order valence-electron chi connectivity index (χ1n) is 5.42. The van der Waals surface area contributed by atoms with E-state index in [0.717, 1.165) is 11.3 Å². The number of anilines is 1. The summed E-state index contributed by atoms with van der Waals surface area (Å²) in [7, 11) is 0. The van der Waals surface area contributed by atoms with Crippen LogP contribution in [-0.4, -0.2) is 5.11 Å². The van der Waals surface area contributed by atoms with E-state index in [1.165, 1.54) is 5.56 Å². The van der Waals surface area contributed by atoms with Gasteiger partial charge in [0.05, 0.1) is 5.69 Å². The quantitative estimate of drug-likeness (QED) is 0.628. The second-order valence-electron chi connectivity index (χ2n) is 3.99. The molecule has 2 aromatic rings. The van der Waals surface area contributed by atoms with Gasteiger partial charge in [-0.3, -0.25) is 0 Å². The molecule has 2 aromatic carbocycles. The number of nitrogens with two attached hydrogens (primary N) is 1. The predicted molar refractivity (Wildman–Crippen MR) is 68.0 cm³/mol. The van der Waals surface area contributed by atoms with E-state index in [0.29, 0.717) is 12.3 Å². The first-order valence-corrected chi connectivity index (χ1v) is 5.42. The summed E-state index contributed by atoms with van der Waals surface area (Å²) in [6.07, 6.45) is 0. The number of rotatable bonds is 3. The van der Waals surface area contributed by atoms with Gasteiger partial charge < -0.3 is 15.6 Å². The minimum Gasteiger partial charge on any atom is -0.506 e. The first-order chi connectivity index (χ1) is 8.15. The van der Waals surface area contributed by atoms with Gasteiger partial charge in [-0.2, -0.15) is 0 Å². The Morgan fingerprint density at radius 2 is 1.82 bits per heavy atom. The maximum Gasteiger partial charge on any atom is 0.138 e. The molecule has 0 bridgehead atoms. The van der Waals surface area contributed by atoms with Crippen LogP contribution in [0.5, 0.6) is 11.5 Å². The summed E-state index contributed by atoms with van der Waals surface area (Å²) in [6.45, 7) is 2.47. The first kappa shape index (κ1) is 11.3. The Morgan fingerprint density at radius 3 is 2.47 bits per heavy atom. The van der Waals surface area contributed by atoms with Crippen LogP contribution in [0.4, 0.5) is 5.69 Å². The molecule has 88 valence electrons. The number of ether oxygens (including phenoxy) is 1. The topological polar surface area (TPSA) is 55.5 Å². The molecular formula is C14H15NO2. The number of hydrogen-bond acceptors (Lipinski definition) is 3. The molecule has 0 aromatic heterocycles. The zero-order valence-corrected chi connectivity index (χ0v) is 9.68. The maximum absolute atomic E-state index is 9.29. The van der Waals surface area contributed by atoms with Crippen molar-refractivity contribution in [3.63, 3.8) is 0 Å². The van der Waals surface area contributed by atoms with Crippen LogP contribution in [0, 0.1) is 6.92 Å². The second kappa shape index (κ2) is 4.78. The monoisotopic (exact) mass is 229 g/mol. The van der Waals surface area contributed by atoms with Crippen molar-refractivity contribution in [1.82, 2.24) is 0 Å². The molecule has 0 aliphatic carbocycles. The van der Waals surface area contributed by atoms with Crippen molar-refractivity contribution in [2.24, 2.45) is 0 Å². The van der Waals surface area contributed by atoms with Gasteiger partial charge in [-0.1, -0.05) is 23.8 Å². The highest BCUT2D eigenvalue weighted by atomic mass is 16.5. The molecule has 0 fully saturated rings. The summed E-state index contributed by atoms with van der Waals surface area (Å²) >= 11 is 0. The van der Waals surface area contributed by atoms with Gasteiger partial charge >= 0.3 is 0 Å². The third-order valence-electron chi connectivity index (χ3n) is 2.52. The number of benzene rings is 2. The molecule has 0 saturated carbocycles. The SMILES string of the molecule is Cc1ccc(OCc2ccc(O)c(N)c2)cc1. The van der Waals surface area contributed by atoms with E-state index in [1.54, 1.807) is 18.2 Å². The highest BCUT2D eigenvalue weighted by molar-refractivity contribution is 5.53. The molecule has 0 unspecified atom stereocenters. The largest absolute Gasteiger partial charge is 0.506 e. The lowest BCUT2D eigenvalue weighted by Crippen LogP contribution is -1.96. The van der Waals surface area contributed by atoms with Crippen molar-refractivity contribution < 1.29 is 9.84 Å². The van der Waals surface area contributed by atoms with Gasteiger partial charge in [0.25, 0.3) is 0 Å². The average molecular weight is 229 g/mol. The summed E-state index contributed by atoms with van der Waals surface area (Å²) < 4.78 is 5.60. The summed E-state index contributed by atoms with van der Waals surface area (Å²) in [5, 5.41) is 9.29. The summed E-state index contributed by atoms with van der Waals surface area (Å²) in [5.74, 6) is 0.923. The van der Waals surface area contributed by atoms with Crippen LogP contribution >= 0.6 is 0 Å². The number of phenols is 1. The second-order valence-corrected chi connectivity index (χ2v) is 3.99. The van der Waals surface area contributed by atoms with Crippen molar-refractivity contribution in [2.75, 3.05) is 5.73 Å². The van der Waals surface area contributed by atoms with E-state index in [4.69, 9.17) is 10.5 Å². The molecule has 0 spiro atoms. The Hall–Kier alpha value is -2.16. The van der Waals surface area contributed by atoms with Crippen molar-refractivity contribution in [3.8, 4) is 11.5 Å². The third-order valence-corrected chi connectivity index (χ3v) is 2.52. The van der Waals surface area contributed by atoms with Crippen molar-refractivity contribution in [1.29, 1.82) is 0 Å². The minimum absolute atomic E-state index is 0.101. The molecular weight excluding hydrogens is 214 g/mol. The fourth-order valence-electron chi connectivity index (χ4n) is 1.49. The zero-order chi connectivity index (χ0) is 12.3. The fourth-order valence-corrected chi connectivity index (χ4v) is 1.49. The van der Waals surface area contributed by atoms with Crippen molar-refractivity contribution in [3.05, 3.63) is 53.6 Å². The number of aryl methyl sites for hydroxylation is 1. The van der Waals surface area contributed by atoms with Crippen LogP contribution in [0.15, 0.2) is 42.5 Å². The molecule has 0 radical (unpaired) electrons. The average Bonchev–Trinajstić information content (AvgIpc) is 2.33. The molecule has 3 heteroatoms. The Kier molecular flexibility index (Phi) is 3.19. The van der Waals surface area contributed by atoms with E-state index in [1.807, 2.05) is 31.2 Å². The molecule has 0 atom stereocenters. The molecule has 0 heterocycles. The van der Waals surface area contributed by atoms with Gasteiger partial charge in [0.1, 0.15) is 18.1 Å². The Balaban J connectivity index is 2.02. The summed E-state index contributed by atoms with van der Waals surface area (Å²) in [5.41, 5.74) is 8.11. The van der Waals surface area contributed by atoms with Crippen LogP contribution in [0.25, 0.3) is 0 Å². The van der Waals surface area contributed by atoms with Crippen molar-refractivity contribution in [2.45, 2.75) is 13.5 Å². The highest BCUT2D eigenvalue weighted by Crippen LogP contribution is 2.21. The summed E-state index contributed by atoms with van der Waals surface area (Å²) in [6, 6.07) is 12.9. The number of nitrogen functional groups attached to an aromatic ring is 1. The zero-order valence-electron chi connectivity index (χ0n) is 9.68. The summed E-state index contributed by atoms with van der Waals surface area (Å²) in [4.78, 5) is 0. The number of aromatic hydroxyl groups is 1. The fraction of sp³-hybridized carbons (Fsp3) is 0.143. The predicted octanol–water partition coefficient (Wildman–Crippen LogP) is 2.86. The van der Waals surface area contributed by atoms with Gasteiger partial charge in [-0.15, -0.1) is 0 Å². The molecule has 0 aliphatic heterocycles. The number of hydrogen-bond donors (Lipinski definition) is 2. The van der Waals surface area contributed by atoms with Crippen LogP contribution in [0.3, 0.4) is 0 Å². The van der Waals surface area contributed by atoms with Gasteiger partial charge in [0.2, 0.25) is 0 Å². The molecule has 0 saturated heterocycles. The van der Waals surface area contributed by atoms with Crippen LogP contribution in [0.1, 0.15) is 11.1 Å². The van der Waals surface area contributed by atoms with E-state index in [-0.39, 0.29) is 5.75 Å². The lowest BCUT2D eigenvalue weighted by atomic mass is 10.2. The van der Waals surface area contributed by atoms with E-state index >= 15 is 0 Å². The Morgan fingerprint density at radius 1 is 1.12 bits per heavy atom. The molecule has 3 nitrogen and oxygen atoms in total. The molecule has 0 amide bonds. The minimum atomic E-state index is 0.101. The van der Waals surface area contributed by atoms with Gasteiger partial charge in [0.15, 0.2) is 0 Å². The van der Waals surface area contributed by atoms with Gasteiger partial charge in [-0.25, -0.2) is 0 Å². The molecule has 17 heavy (non-hydrogen) atoms. The lowest BCUT2D eigenvalue weighted by molar-refractivity contribution is 0.306. The standard InChI is InChI=1S/C14H15NO2/c1-10-2-5-12(6-3-10)17-9-11-4-7-14(16)13(15)8-11/h2-8,16H,9,15H2,1H3. The molecule has 2 rings (SSSR count). The number of phenolic OH excluding ortho intramolecular Hbond substituents is 1. The van der Waals surface area contributed by atoms with Gasteiger partial charge in [-0.05, 0) is 36.8 Å². The van der Waals surface area contributed by atoms with Crippen LogP contribution in [0.2, 0.25) is 0 Å². The van der Waals surface area contributed by atoms with Gasteiger partial charge in [0, 0.05) is 0 Å². The lowest BCUT2D eigenvalue weighted by Gasteiger charge is -2.07. The van der Waals surface area contributed by atoms with E-state index in [9.17, 15) is 5.11 Å². The smallest absolute Gasteiger partial charge is 0.138 e.